The molecular formula is C12H22N4O5. The van der Waals surface area contributed by atoms with E-state index < -0.39 is 24.5 Å². The van der Waals surface area contributed by atoms with Crippen LogP contribution in [-0.2, 0) is 14.4 Å². The number of urea groups is 1. The van der Waals surface area contributed by atoms with Crippen LogP contribution < -0.4 is 16.0 Å². The van der Waals surface area contributed by atoms with Crippen molar-refractivity contribution >= 4 is 23.8 Å². The number of rotatable bonds is 8. The highest BCUT2D eigenvalue weighted by Gasteiger charge is 2.16. The molecule has 0 saturated carbocycles. The zero-order valence-corrected chi connectivity index (χ0v) is 12.4. The Hall–Kier alpha value is -2.32. The summed E-state index contributed by atoms with van der Waals surface area (Å²) >= 11 is 0. The third-order valence-corrected chi connectivity index (χ3v) is 2.29. The summed E-state index contributed by atoms with van der Waals surface area (Å²) in [6.07, 6.45) is 0. The van der Waals surface area contributed by atoms with Crippen LogP contribution in [0.3, 0.4) is 0 Å². The molecule has 0 aromatic rings. The maximum Gasteiger partial charge on any atom is 0.322 e. The minimum Gasteiger partial charge on any atom is -0.480 e. The quantitative estimate of drug-likeness (QED) is 0.445. The lowest BCUT2D eigenvalue weighted by atomic mass is 10.4. The van der Waals surface area contributed by atoms with E-state index in [9.17, 15) is 19.2 Å². The first-order valence-corrected chi connectivity index (χ1v) is 6.56. The van der Waals surface area contributed by atoms with Gasteiger partial charge in [-0.25, -0.2) is 4.79 Å². The zero-order chi connectivity index (χ0) is 16.4. The summed E-state index contributed by atoms with van der Waals surface area (Å²) in [5.41, 5.74) is 0. The van der Waals surface area contributed by atoms with Gasteiger partial charge in [-0.1, -0.05) is 0 Å². The molecule has 9 heteroatoms. The average molecular weight is 302 g/mol. The van der Waals surface area contributed by atoms with Crippen LogP contribution >= 0.6 is 0 Å². The van der Waals surface area contributed by atoms with E-state index in [1.165, 1.54) is 4.90 Å². The van der Waals surface area contributed by atoms with Gasteiger partial charge in [-0.3, -0.25) is 14.4 Å². The van der Waals surface area contributed by atoms with Crippen LogP contribution in [-0.4, -0.2) is 66.0 Å². The number of nitrogens with zero attached hydrogens (tertiary/aromatic N) is 1. The number of carboxylic acids is 1. The van der Waals surface area contributed by atoms with Crippen molar-refractivity contribution in [1.29, 1.82) is 0 Å². The Kier molecular flexibility index (Phi) is 8.51. The second-order valence-corrected chi connectivity index (χ2v) is 4.57. The molecule has 4 N–H and O–H groups in total. The fourth-order valence-corrected chi connectivity index (χ4v) is 1.37. The number of carbonyl (C=O) groups is 4. The van der Waals surface area contributed by atoms with Crippen molar-refractivity contribution in [3.63, 3.8) is 0 Å². The Bertz CT molecular complexity index is 397. The van der Waals surface area contributed by atoms with Crippen molar-refractivity contribution in [2.75, 3.05) is 26.2 Å². The summed E-state index contributed by atoms with van der Waals surface area (Å²) in [5.74, 6) is -2.08. The highest BCUT2D eigenvalue weighted by atomic mass is 16.4. The van der Waals surface area contributed by atoms with Gasteiger partial charge in [-0.2, -0.15) is 0 Å². The number of hydrogen-bond donors (Lipinski definition) is 4. The van der Waals surface area contributed by atoms with E-state index >= 15 is 0 Å². The largest absolute Gasteiger partial charge is 0.480 e. The van der Waals surface area contributed by atoms with Crippen molar-refractivity contribution in [1.82, 2.24) is 20.9 Å². The first-order chi connectivity index (χ1) is 9.76. The summed E-state index contributed by atoms with van der Waals surface area (Å²) < 4.78 is 0. The molecule has 0 aliphatic heterocycles. The smallest absolute Gasteiger partial charge is 0.322 e. The van der Waals surface area contributed by atoms with E-state index in [-0.39, 0.29) is 25.0 Å². The molecule has 0 radical (unpaired) electrons. The van der Waals surface area contributed by atoms with Gasteiger partial charge in [0.25, 0.3) is 0 Å². The molecule has 0 fully saturated rings. The Morgan fingerprint density at radius 1 is 1.05 bits per heavy atom. The minimum atomic E-state index is -1.17. The van der Waals surface area contributed by atoms with E-state index in [2.05, 4.69) is 16.0 Å². The van der Waals surface area contributed by atoms with Crippen molar-refractivity contribution in [2.45, 2.75) is 26.8 Å². The van der Waals surface area contributed by atoms with E-state index in [1.54, 1.807) is 20.8 Å². The van der Waals surface area contributed by atoms with Crippen LogP contribution in [0.1, 0.15) is 20.8 Å². The van der Waals surface area contributed by atoms with E-state index in [4.69, 9.17) is 5.11 Å². The first kappa shape index (κ1) is 18.7. The first-order valence-electron chi connectivity index (χ1n) is 6.56. The molecule has 0 aromatic heterocycles. The molecule has 0 aliphatic carbocycles. The lowest BCUT2D eigenvalue weighted by Gasteiger charge is -2.21. The van der Waals surface area contributed by atoms with Crippen LogP contribution in [0.5, 0.6) is 0 Å². The van der Waals surface area contributed by atoms with Crippen LogP contribution in [0.25, 0.3) is 0 Å². The molecule has 0 aliphatic rings. The number of likely N-dealkylation sites (N-methyl/N-ethyl adjacent to an activating group) is 1. The predicted molar refractivity (Wildman–Crippen MR) is 74.6 cm³/mol. The maximum absolute atomic E-state index is 11.8. The summed E-state index contributed by atoms with van der Waals surface area (Å²) in [4.78, 5) is 46.1. The SMILES string of the molecule is CCN(CC(=O)NC(C)C)C(=O)NCC(=O)NCC(=O)O. The lowest BCUT2D eigenvalue weighted by molar-refractivity contribution is -0.137. The van der Waals surface area contributed by atoms with E-state index in [0.29, 0.717) is 6.54 Å². The lowest BCUT2D eigenvalue weighted by Crippen LogP contribution is -2.48. The Labute approximate surface area is 123 Å². The van der Waals surface area contributed by atoms with Gasteiger partial charge in [0.2, 0.25) is 11.8 Å². The zero-order valence-electron chi connectivity index (χ0n) is 12.4. The summed E-state index contributed by atoms with van der Waals surface area (Å²) in [5, 5.41) is 15.5. The van der Waals surface area contributed by atoms with E-state index in [0.717, 1.165) is 0 Å². The van der Waals surface area contributed by atoms with Gasteiger partial charge in [0.1, 0.15) is 13.1 Å². The molecular weight excluding hydrogens is 280 g/mol. The second kappa shape index (κ2) is 9.56. The maximum atomic E-state index is 11.8. The monoisotopic (exact) mass is 302 g/mol. The molecule has 0 rings (SSSR count). The van der Waals surface area contributed by atoms with Gasteiger partial charge in [0.15, 0.2) is 0 Å². The number of aliphatic carboxylic acids is 1. The van der Waals surface area contributed by atoms with Gasteiger partial charge in [-0.15, -0.1) is 0 Å². The molecule has 0 unspecified atom stereocenters. The van der Waals surface area contributed by atoms with Crippen molar-refractivity contribution in [2.24, 2.45) is 0 Å². The minimum absolute atomic E-state index is 0.0268. The van der Waals surface area contributed by atoms with Gasteiger partial charge in [0, 0.05) is 12.6 Å². The normalized spacial score (nSPS) is 9.90. The Balaban J connectivity index is 4.18. The molecule has 0 heterocycles. The fourth-order valence-electron chi connectivity index (χ4n) is 1.37. The number of carboxylic acid groups (broad SMARTS) is 1. The number of amides is 4. The molecule has 9 nitrogen and oxygen atoms in total. The van der Waals surface area contributed by atoms with Crippen LogP contribution in [0, 0.1) is 0 Å². The highest BCUT2D eigenvalue weighted by molar-refractivity contribution is 5.88. The summed E-state index contributed by atoms with van der Waals surface area (Å²) in [7, 11) is 0. The number of carbonyl (C=O) groups excluding carboxylic acids is 3. The van der Waals surface area contributed by atoms with Gasteiger partial charge >= 0.3 is 12.0 Å². The molecule has 21 heavy (non-hydrogen) atoms. The molecule has 0 bridgehead atoms. The Morgan fingerprint density at radius 2 is 1.67 bits per heavy atom. The standard InChI is InChI=1S/C12H22N4O5/c1-4-16(7-10(18)15-8(2)3)12(21)14-5-9(17)13-6-11(19)20/h8H,4-7H2,1-3H3,(H,13,17)(H,14,21)(H,15,18)(H,19,20). The second-order valence-electron chi connectivity index (χ2n) is 4.57. The van der Waals surface area contributed by atoms with Gasteiger partial charge in [-0.05, 0) is 20.8 Å². The predicted octanol–water partition coefficient (Wildman–Crippen LogP) is -1.26. The third kappa shape index (κ3) is 9.25. The van der Waals surface area contributed by atoms with Crippen LogP contribution in [0.2, 0.25) is 0 Å². The molecule has 0 spiro atoms. The topological polar surface area (TPSA) is 128 Å². The fraction of sp³-hybridized carbons (Fsp3) is 0.667. The molecule has 0 atom stereocenters. The summed E-state index contributed by atoms with van der Waals surface area (Å²) in [6.45, 7) is 4.64. The molecule has 4 amide bonds. The highest BCUT2D eigenvalue weighted by Crippen LogP contribution is 1.90. The van der Waals surface area contributed by atoms with Gasteiger partial charge < -0.3 is 26.0 Å². The van der Waals surface area contributed by atoms with E-state index in [1.807, 2.05) is 0 Å². The van der Waals surface area contributed by atoms with Crippen molar-refractivity contribution in [3.8, 4) is 0 Å². The van der Waals surface area contributed by atoms with Crippen molar-refractivity contribution < 1.29 is 24.3 Å². The van der Waals surface area contributed by atoms with Gasteiger partial charge in [0.05, 0.1) is 6.54 Å². The average Bonchev–Trinajstić information content (AvgIpc) is 2.38. The van der Waals surface area contributed by atoms with Crippen LogP contribution in [0.15, 0.2) is 0 Å². The molecule has 120 valence electrons. The molecule has 0 aromatic carbocycles. The number of nitrogens with one attached hydrogen (secondary N) is 3. The van der Waals surface area contributed by atoms with Crippen LogP contribution in [0.4, 0.5) is 4.79 Å². The Morgan fingerprint density at radius 3 is 2.14 bits per heavy atom. The molecule has 0 saturated heterocycles. The summed E-state index contributed by atoms with van der Waals surface area (Å²) in [6, 6.07) is -0.594. The third-order valence-electron chi connectivity index (χ3n) is 2.29. The number of hydrogen-bond acceptors (Lipinski definition) is 4. The van der Waals surface area contributed by atoms with Crippen molar-refractivity contribution in [3.05, 3.63) is 0 Å².